The van der Waals surface area contributed by atoms with Gasteiger partial charge in [0.25, 0.3) is 0 Å². The molecule has 0 saturated carbocycles. The summed E-state index contributed by atoms with van der Waals surface area (Å²) in [7, 11) is 0. The zero-order chi connectivity index (χ0) is 13.6. The molecule has 2 heteroatoms. The molecule has 0 atom stereocenters. The summed E-state index contributed by atoms with van der Waals surface area (Å²) in [6.45, 7) is 8.56. The van der Waals surface area contributed by atoms with E-state index in [1.54, 1.807) is 0 Å². The van der Waals surface area contributed by atoms with Crippen molar-refractivity contribution >= 4 is 21.7 Å². The summed E-state index contributed by atoms with van der Waals surface area (Å²) >= 11 is 0. The van der Waals surface area contributed by atoms with Crippen molar-refractivity contribution in [3.05, 3.63) is 47.9 Å². The van der Waals surface area contributed by atoms with Gasteiger partial charge in [-0.15, -0.1) is 0 Å². The smallest absolute Gasteiger partial charge is 0.126 e. The Kier molecular flexibility index (Phi) is 2.56. The van der Waals surface area contributed by atoms with Crippen molar-refractivity contribution < 1.29 is 0 Å². The number of benzene rings is 2. The van der Waals surface area contributed by atoms with Crippen LogP contribution in [0.15, 0.2) is 36.4 Å². The van der Waals surface area contributed by atoms with E-state index >= 15 is 0 Å². The standard InChI is InChI=1S/C17H18N2/c1-11-18-15-13-8-6-5-7-12(13)9-10-14(15)16(19-11)17(2,3)4/h5-10H,1-4H3. The number of rotatable bonds is 0. The molecule has 0 N–H and O–H groups in total. The lowest BCUT2D eigenvalue weighted by atomic mass is 9.88. The van der Waals surface area contributed by atoms with E-state index in [2.05, 4.69) is 67.1 Å². The minimum atomic E-state index is 0.0222. The van der Waals surface area contributed by atoms with Gasteiger partial charge in [0.05, 0.1) is 11.2 Å². The number of nitrogens with zero attached hydrogens (tertiary/aromatic N) is 2. The number of hydrogen-bond acceptors (Lipinski definition) is 2. The summed E-state index contributed by atoms with van der Waals surface area (Å²) in [6.07, 6.45) is 0. The molecular formula is C17H18N2. The lowest BCUT2D eigenvalue weighted by molar-refractivity contribution is 0.572. The van der Waals surface area contributed by atoms with Gasteiger partial charge in [0, 0.05) is 16.2 Å². The average molecular weight is 250 g/mol. The fraction of sp³-hybridized carbons (Fsp3) is 0.294. The molecule has 0 saturated heterocycles. The maximum Gasteiger partial charge on any atom is 0.126 e. The Labute approximate surface area is 113 Å². The van der Waals surface area contributed by atoms with Gasteiger partial charge in [0.1, 0.15) is 5.82 Å². The third kappa shape index (κ3) is 1.97. The van der Waals surface area contributed by atoms with E-state index < -0.39 is 0 Å². The maximum absolute atomic E-state index is 4.67. The third-order valence-electron chi connectivity index (χ3n) is 3.41. The molecule has 0 fully saturated rings. The first kappa shape index (κ1) is 12.1. The van der Waals surface area contributed by atoms with Crippen LogP contribution < -0.4 is 0 Å². The van der Waals surface area contributed by atoms with Gasteiger partial charge in [0.15, 0.2) is 0 Å². The Morgan fingerprint density at radius 2 is 1.58 bits per heavy atom. The highest BCUT2D eigenvalue weighted by atomic mass is 14.9. The molecule has 1 heterocycles. The first-order valence-electron chi connectivity index (χ1n) is 6.63. The molecule has 0 aliphatic carbocycles. The highest BCUT2D eigenvalue weighted by Crippen LogP contribution is 2.31. The van der Waals surface area contributed by atoms with Crippen LogP contribution in [-0.2, 0) is 5.41 Å². The van der Waals surface area contributed by atoms with Crippen molar-refractivity contribution in [2.24, 2.45) is 0 Å². The molecule has 0 unspecified atom stereocenters. The monoisotopic (exact) mass is 250 g/mol. The van der Waals surface area contributed by atoms with Gasteiger partial charge in [-0.2, -0.15) is 0 Å². The molecule has 1 aromatic heterocycles. The van der Waals surface area contributed by atoms with E-state index in [0.717, 1.165) is 22.4 Å². The number of fused-ring (bicyclic) bond motifs is 3. The van der Waals surface area contributed by atoms with Crippen molar-refractivity contribution in [2.45, 2.75) is 33.1 Å². The van der Waals surface area contributed by atoms with E-state index in [4.69, 9.17) is 0 Å². The second kappa shape index (κ2) is 4.02. The molecule has 3 rings (SSSR count). The van der Waals surface area contributed by atoms with Crippen LogP contribution >= 0.6 is 0 Å². The Hall–Kier alpha value is -1.96. The molecule has 96 valence electrons. The largest absolute Gasteiger partial charge is 0.237 e. The van der Waals surface area contributed by atoms with E-state index in [9.17, 15) is 0 Å². The summed E-state index contributed by atoms with van der Waals surface area (Å²) < 4.78 is 0. The van der Waals surface area contributed by atoms with Gasteiger partial charge in [-0.3, -0.25) is 0 Å². The summed E-state index contributed by atoms with van der Waals surface area (Å²) in [6, 6.07) is 12.7. The minimum Gasteiger partial charge on any atom is -0.237 e. The Morgan fingerprint density at radius 3 is 2.32 bits per heavy atom. The quantitative estimate of drug-likeness (QED) is 0.553. The van der Waals surface area contributed by atoms with E-state index in [1.807, 2.05) is 6.92 Å². The highest BCUT2D eigenvalue weighted by molar-refractivity contribution is 6.05. The van der Waals surface area contributed by atoms with Crippen LogP contribution in [-0.4, -0.2) is 9.97 Å². The molecule has 0 amide bonds. The van der Waals surface area contributed by atoms with Crippen molar-refractivity contribution in [2.75, 3.05) is 0 Å². The molecule has 2 aromatic carbocycles. The van der Waals surface area contributed by atoms with Crippen LogP contribution in [0.2, 0.25) is 0 Å². The maximum atomic E-state index is 4.67. The van der Waals surface area contributed by atoms with Crippen molar-refractivity contribution in [1.82, 2.24) is 9.97 Å². The van der Waals surface area contributed by atoms with Crippen LogP contribution in [0, 0.1) is 6.92 Å². The first-order valence-corrected chi connectivity index (χ1v) is 6.63. The van der Waals surface area contributed by atoms with Crippen LogP contribution in [0.1, 0.15) is 32.3 Å². The van der Waals surface area contributed by atoms with Gasteiger partial charge >= 0.3 is 0 Å². The Morgan fingerprint density at radius 1 is 0.842 bits per heavy atom. The molecular weight excluding hydrogens is 232 g/mol. The van der Waals surface area contributed by atoms with Gasteiger partial charge < -0.3 is 0 Å². The topological polar surface area (TPSA) is 25.8 Å². The van der Waals surface area contributed by atoms with E-state index in [-0.39, 0.29) is 5.41 Å². The third-order valence-corrected chi connectivity index (χ3v) is 3.41. The average Bonchev–Trinajstić information content (AvgIpc) is 2.36. The number of aryl methyl sites for hydroxylation is 1. The molecule has 2 nitrogen and oxygen atoms in total. The molecule has 0 spiro atoms. The van der Waals surface area contributed by atoms with Gasteiger partial charge in [0.2, 0.25) is 0 Å². The van der Waals surface area contributed by atoms with Crippen LogP contribution in [0.4, 0.5) is 0 Å². The van der Waals surface area contributed by atoms with E-state index in [1.165, 1.54) is 10.8 Å². The van der Waals surface area contributed by atoms with Crippen LogP contribution in [0.5, 0.6) is 0 Å². The fourth-order valence-corrected chi connectivity index (χ4v) is 2.55. The zero-order valence-corrected chi connectivity index (χ0v) is 11.9. The van der Waals surface area contributed by atoms with Crippen molar-refractivity contribution in [1.29, 1.82) is 0 Å². The Bertz CT molecular complexity index is 767. The summed E-state index contributed by atoms with van der Waals surface area (Å²) in [5.41, 5.74) is 2.21. The molecule has 3 aromatic rings. The second-order valence-corrected chi connectivity index (χ2v) is 6.05. The van der Waals surface area contributed by atoms with Gasteiger partial charge in [-0.1, -0.05) is 57.2 Å². The normalized spacial score (nSPS) is 12.2. The predicted molar refractivity (Wildman–Crippen MR) is 80.5 cm³/mol. The summed E-state index contributed by atoms with van der Waals surface area (Å²) in [5, 5.41) is 3.60. The lowest BCUT2D eigenvalue weighted by Gasteiger charge is -2.20. The lowest BCUT2D eigenvalue weighted by Crippen LogP contribution is -2.15. The summed E-state index contributed by atoms with van der Waals surface area (Å²) in [4.78, 5) is 9.34. The molecule has 19 heavy (non-hydrogen) atoms. The zero-order valence-electron chi connectivity index (χ0n) is 11.9. The second-order valence-electron chi connectivity index (χ2n) is 6.05. The van der Waals surface area contributed by atoms with Gasteiger partial charge in [-0.05, 0) is 12.3 Å². The minimum absolute atomic E-state index is 0.0222. The Balaban J connectivity index is 2.52. The number of hydrogen-bond donors (Lipinski definition) is 0. The van der Waals surface area contributed by atoms with Crippen molar-refractivity contribution in [3.8, 4) is 0 Å². The fourth-order valence-electron chi connectivity index (χ4n) is 2.55. The first-order chi connectivity index (χ1) is 8.97. The highest BCUT2D eigenvalue weighted by Gasteiger charge is 2.20. The molecule has 0 radical (unpaired) electrons. The molecule has 0 aliphatic rings. The molecule has 0 aliphatic heterocycles. The van der Waals surface area contributed by atoms with Crippen molar-refractivity contribution in [3.63, 3.8) is 0 Å². The van der Waals surface area contributed by atoms with Crippen LogP contribution in [0.3, 0.4) is 0 Å². The summed E-state index contributed by atoms with van der Waals surface area (Å²) in [5.74, 6) is 0.841. The predicted octanol–water partition coefficient (Wildman–Crippen LogP) is 4.39. The molecule has 0 bridgehead atoms. The SMILES string of the molecule is Cc1nc(C(C)(C)C)c2ccc3ccccc3c2n1. The van der Waals surface area contributed by atoms with E-state index in [0.29, 0.717) is 0 Å². The number of aromatic nitrogens is 2. The van der Waals surface area contributed by atoms with Gasteiger partial charge in [-0.25, -0.2) is 9.97 Å². The van der Waals surface area contributed by atoms with Crippen LogP contribution in [0.25, 0.3) is 21.7 Å².